The Hall–Kier alpha value is -0.370. The molecule has 1 unspecified atom stereocenters. The molecular weight excluding hydrogens is 138 g/mol. The van der Waals surface area contributed by atoms with Crippen molar-refractivity contribution in [3.8, 4) is 0 Å². The van der Waals surface area contributed by atoms with Gasteiger partial charge in [-0.25, -0.2) is 0 Å². The van der Waals surface area contributed by atoms with Gasteiger partial charge in [0.05, 0.1) is 0 Å². The van der Waals surface area contributed by atoms with E-state index in [9.17, 15) is 4.79 Å². The first kappa shape index (κ1) is 8.72. The summed E-state index contributed by atoms with van der Waals surface area (Å²) >= 11 is 0. The molecule has 11 heavy (non-hydrogen) atoms. The number of rotatable bonds is 4. The zero-order valence-corrected chi connectivity index (χ0v) is 7.18. The van der Waals surface area contributed by atoms with Crippen LogP contribution in [0.25, 0.3) is 0 Å². The van der Waals surface area contributed by atoms with Crippen LogP contribution in [0.3, 0.4) is 0 Å². The van der Waals surface area contributed by atoms with Crippen LogP contribution in [-0.4, -0.2) is 11.8 Å². The summed E-state index contributed by atoms with van der Waals surface area (Å²) < 4.78 is 0. The average Bonchev–Trinajstić information content (AvgIpc) is 1.83. The zero-order chi connectivity index (χ0) is 8.27. The molecule has 2 heteroatoms. The molecule has 0 aromatic carbocycles. The van der Waals surface area contributed by atoms with Crippen molar-refractivity contribution in [1.82, 2.24) is 0 Å². The molecular formula is C9H17NO. The number of hydrogen-bond acceptors (Lipinski definition) is 2. The fourth-order valence-electron chi connectivity index (χ4n) is 1.30. The summed E-state index contributed by atoms with van der Waals surface area (Å²) in [5.74, 6) is 0.762. The Morgan fingerprint density at radius 2 is 2.27 bits per heavy atom. The smallest absolute Gasteiger partial charge is 0.137 e. The molecule has 1 saturated carbocycles. The Morgan fingerprint density at radius 3 is 2.64 bits per heavy atom. The lowest BCUT2D eigenvalue weighted by Crippen LogP contribution is -2.29. The molecule has 0 amide bonds. The van der Waals surface area contributed by atoms with Gasteiger partial charge in [0.1, 0.15) is 5.78 Å². The predicted molar refractivity (Wildman–Crippen MR) is 45.2 cm³/mol. The first-order chi connectivity index (χ1) is 5.24. The average molecular weight is 155 g/mol. The van der Waals surface area contributed by atoms with Crippen LogP contribution in [0.1, 0.15) is 39.0 Å². The van der Waals surface area contributed by atoms with Crippen molar-refractivity contribution in [1.29, 1.82) is 0 Å². The third-order valence-corrected chi connectivity index (χ3v) is 2.55. The second-order valence-corrected chi connectivity index (χ2v) is 3.47. The van der Waals surface area contributed by atoms with Crippen molar-refractivity contribution < 1.29 is 4.79 Å². The number of Topliss-reactive ketones (excluding diaryl/α,β-unsaturated/α-hetero) is 1. The van der Waals surface area contributed by atoms with E-state index in [0.29, 0.717) is 18.1 Å². The fourth-order valence-corrected chi connectivity index (χ4v) is 1.30. The van der Waals surface area contributed by atoms with Gasteiger partial charge >= 0.3 is 0 Å². The Balaban J connectivity index is 2.19. The minimum absolute atomic E-state index is 0.100. The lowest BCUT2D eigenvalue weighted by atomic mass is 9.80. The highest BCUT2D eigenvalue weighted by molar-refractivity contribution is 5.82. The van der Waals surface area contributed by atoms with Gasteiger partial charge in [-0.3, -0.25) is 4.79 Å². The number of carbonyl (C=O) groups excluding carboxylic acids is 1. The minimum Gasteiger partial charge on any atom is -0.327 e. The van der Waals surface area contributed by atoms with E-state index in [2.05, 4.69) is 0 Å². The highest BCUT2D eigenvalue weighted by Crippen LogP contribution is 2.28. The second-order valence-electron chi connectivity index (χ2n) is 3.47. The summed E-state index contributed by atoms with van der Waals surface area (Å²) in [6.45, 7) is 2.03. The predicted octanol–water partition coefficient (Wildman–Crippen LogP) is 1.48. The second kappa shape index (κ2) is 3.86. The highest BCUT2D eigenvalue weighted by Gasteiger charge is 2.25. The van der Waals surface area contributed by atoms with E-state index < -0.39 is 0 Å². The van der Waals surface area contributed by atoms with Crippen LogP contribution in [-0.2, 0) is 4.79 Å². The first-order valence-corrected chi connectivity index (χ1v) is 4.52. The summed E-state index contributed by atoms with van der Waals surface area (Å²) in [4.78, 5) is 11.3. The summed E-state index contributed by atoms with van der Waals surface area (Å²) in [5.41, 5.74) is 5.67. The summed E-state index contributed by atoms with van der Waals surface area (Å²) in [6, 6.07) is 0.100. The highest BCUT2D eigenvalue weighted by atomic mass is 16.1. The van der Waals surface area contributed by atoms with Gasteiger partial charge in [0.25, 0.3) is 0 Å². The SMILES string of the molecule is CCC(N)CC(=O)C1CCC1. The van der Waals surface area contributed by atoms with Gasteiger partial charge in [-0.05, 0) is 19.3 Å². The van der Waals surface area contributed by atoms with E-state index in [4.69, 9.17) is 5.73 Å². The number of ketones is 1. The van der Waals surface area contributed by atoms with Gasteiger partial charge < -0.3 is 5.73 Å². The summed E-state index contributed by atoms with van der Waals surface area (Å²) in [7, 11) is 0. The molecule has 1 fully saturated rings. The summed E-state index contributed by atoms with van der Waals surface area (Å²) in [6.07, 6.45) is 4.96. The molecule has 0 bridgehead atoms. The van der Waals surface area contributed by atoms with E-state index in [1.807, 2.05) is 6.92 Å². The maximum absolute atomic E-state index is 11.3. The lowest BCUT2D eigenvalue weighted by Gasteiger charge is -2.24. The zero-order valence-electron chi connectivity index (χ0n) is 7.18. The molecule has 2 nitrogen and oxygen atoms in total. The van der Waals surface area contributed by atoms with Crippen molar-refractivity contribution in [2.24, 2.45) is 11.7 Å². The minimum atomic E-state index is 0.100. The topological polar surface area (TPSA) is 43.1 Å². The van der Waals surface area contributed by atoms with E-state index in [1.165, 1.54) is 6.42 Å². The van der Waals surface area contributed by atoms with Gasteiger partial charge in [-0.2, -0.15) is 0 Å². The molecule has 1 rings (SSSR count). The van der Waals surface area contributed by atoms with Crippen LogP contribution in [0.4, 0.5) is 0 Å². The Kier molecular flexibility index (Phi) is 3.06. The molecule has 1 aliphatic rings. The van der Waals surface area contributed by atoms with E-state index in [1.54, 1.807) is 0 Å². The van der Waals surface area contributed by atoms with Gasteiger partial charge in [-0.1, -0.05) is 13.3 Å². The van der Waals surface area contributed by atoms with Gasteiger partial charge in [0, 0.05) is 18.4 Å². The third-order valence-electron chi connectivity index (χ3n) is 2.55. The Labute approximate surface area is 68.2 Å². The standard InChI is InChI=1S/C9H17NO/c1-2-8(10)6-9(11)7-4-3-5-7/h7-8H,2-6,10H2,1H3. The quantitative estimate of drug-likeness (QED) is 0.668. The molecule has 0 radical (unpaired) electrons. The van der Waals surface area contributed by atoms with Crippen molar-refractivity contribution in [3.05, 3.63) is 0 Å². The monoisotopic (exact) mass is 155 g/mol. The van der Waals surface area contributed by atoms with Crippen LogP contribution in [0.5, 0.6) is 0 Å². The number of nitrogens with two attached hydrogens (primary N) is 1. The molecule has 0 aromatic rings. The van der Waals surface area contributed by atoms with Crippen molar-refractivity contribution in [3.63, 3.8) is 0 Å². The van der Waals surface area contributed by atoms with Crippen molar-refractivity contribution in [2.45, 2.75) is 45.1 Å². The van der Waals surface area contributed by atoms with E-state index >= 15 is 0 Å². The van der Waals surface area contributed by atoms with Crippen molar-refractivity contribution >= 4 is 5.78 Å². The largest absolute Gasteiger partial charge is 0.327 e. The first-order valence-electron chi connectivity index (χ1n) is 4.52. The Bertz CT molecular complexity index is 140. The van der Waals surface area contributed by atoms with Crippen LogP contribution < -0.4 is 5.73 Å². The maximum atomic E-state index is 11.3. The molecule has 0 saturated heterocycles. The molecule has 0 heterocycles. The molecule has 0 spiro atoms. The third kappa shape index (κ3) is 2.29. The fraction of sp³-hybridized carbons (Fsp3) is 0.889. The maximum Gasteiger partial charge on any atom is 0.137 e. The van der Waals surface area contributed by atoms with E-state index in [0.717, 1.165) is 19.3 Å². The molecule has 2 N–H and O–H groups in total. The van der Waals surface area contributed by atoms with Crippen LogP contribution >= 0.6 is 0 Å². The Morgan fingerprint density at radius 1 is 1.64 bits per heavy atom. The van der Waals surface area contributed by atoms with Gasteiger partial charge in [-0.15, -0.1) is 0 Å². The summed E-state index contributed by atoms with van der Waals surface area (Å²) in [5, 5.41) is 0. The van der Waals surface area contributed by atoms with Crippen molar-refractivity contribution in [2.75, 3.05) is 0 Å². The van der Waals surface area contributed by atoms with Crippen LogP contribution in [0.15, 0.2) is 0 Å². The molecule has 0 aromatic heterocycles. The number of carbonyl (C=O) groups is 1. The molecule has 0 aliphatic heterocycles. The van der Waals surface area contributed by atoms with Gasteiger partial charge in [0.2, 0.25) is 0 Å². The van der Waals surface area contributed by atoms with E-state index in [-0.39, 0.29) is 6.04 Å². The van der Waals surface area contributed by atoms with Gasteiger partial charge in [0.15, 0.2) is 0 Å². The molecule has 1 atom stereocenters. The molecule has 64 valence electrons. The number of hydrogen-bond donors (Lipinski definition) is 1. The van der Waals surface area contributed by atoms with Crippen LogP contribution in [0.2, 0.25) is 0 Å². The van der Waals surface area contributed by atoms with Crippen LogP contribution in [0, 0.1) is 5.92 Å². The lowest BCUT2D eigenvalue weighted by molar-refractivity contribution is -0.125. The molecule has 1 aliphatic carbocycles. The normalized spacial score (nSPS) is 20.9.